The van der Waals surface area contributed by atoms with Crippen LogP contribution in [0.2, 0.25) is 5.02 Å². The van der Waals surface area contributed by atoms with E-state index in [9.17, 15) is 9.18 Å². The van der Waals surface area contributed by atoms with E-state index < -0.39 is 5.97 Å². The largest absolute Gasteiger partial charge is 0.465 e. The van der Waals surface area contributed by atoms with Gasteiger partial charge in [0, 0.05) is 22.8 Å². The molecule has 0 aliphatic rings. The Bertz CT molecular complexity index is 673. The third-order valence-electron chi connectivity index (χ3n) is 3.22. The van der Waals surface area contributed by atoms with Crippen molar-refractivity contribution in [3.05, 3.63) is 63.9 Å². The Hall–Kier alpha value is -2.07. The van der Waals surface area contributed by atoms with Crippen molar-refractivity contribution < 1.29 is 13.9 Å². The molecule has 0 aliphatic heterocycles. The number of rotatable bonds is 4. The topological polar surface area (TPSA) is 38.3 Å². The molecule has 0 atom stereocenters. The smallest absolute Gasteiger partial charge is 0.338 e. The molecule has 2 aromatic carbocycles. The standard InChI is InChI=1S/C16H15ClFNO2/c1-10-13(16(20)21-2)4-3-5-15(10)19-9-11-8-12(17)6-7-14(11)18/h3-8,19H,9H2,1-2H3. The number of hydrogen-bond acceptors (Lipinski definition) is 3. The van der Waals surface area contributed by atoms with Gasteiger partial charge in [0.25, 0.3) is 0 Å². The highest BCUT2D eigenvalue weighted by Gasteiger charge is 2.12. The highest BCUT2D eigenvalue weighted by molar-refractivity contribution is 6.30. The van der Waals surface area contributed by atoms with Crippen molar-refractivity contribution in [2.24, 2.45) is 0 Å². The van der Waals surface area contributed by atoms with Crippen LogP contribution in [0.3, 0.4) is 0 Å². The van der Waals surface area contributed by atoms with E-state index in [0.29, 0.717) is 16.1 Å². The number of benzene rings is 2. The number of carbonyl (C=O) groups excluding carboxylic acids is 1. The van der Waals surface area contributed by atoms with Crippen molar-refractivity contribution in [2.45, 2.75) is 13.5 Å². The Balaban J connectivity index is 2.21. The van der Waals surface area contributed by atoms with Crippen LogP contribution in [-0.2, 0) is 11.3 Å². The van der Waals surface area contributed by atoms with Crippen LogP contribution in [0.1, 0.15) is 21.5 Å². The zero-order chi connectivity index (χ0) is 15.4. The first kappa shape index (κ1) is 15.3. The molecule has 0 amide bonds. The second-order valence-electron chi connectivity index (χ2n) is 4.56. The van der Waals surface area contributed by atoms with Gasteiger partial charge >= 0.3 is 5.97 Å². The number of nitrogens with one attached hydrogen (secondary N) is 1. The molecule has 0 aliphatic carbocycles. The minimum Gasteiger partial charge on any atom is -0.465 e. The van der Waals surface area contributed by atoms with E-state index in [0.717, 1.165) is 11.3 Å². The fourth-order valence-electron chi connectivity index (χ4n) is 2.03. The van der Waals surface area contributed by atoms with Gasteiger partial charge < -0.3 is 10.1 Å². The van der Waals surface area contributed by atoms with Crippen LogP contribution >= 0.6 is 11.6 Å². The number of methoxy groups -OCH3 is 1. The van der Waals surface area contributed by atoms with Gasteiger partial charge in [0.15, 0.2) is 0 Å². The van der Waals surface area contributed by atoms with Crippen LogP contribution in [0, 0.1) is 12.7 Å². The van der Waals surface area contributed by atoms with Gasteiger partial charge in [-0.25, -0.2) is 9.18 Å². The van der Waals surface area contributed by atoms with E-state index in [1.807, 2.05) is 13.0 Å². The van der Waals surface area contributed by atoms with Gasteiger partial charge in [0.1, 0.15) is 5.82 Å². The summed E-state index contributed by atoms with van der Waals surface area (Å²) in [7, 11) is 1.34. The fraction of sp³-hybridized carbons (Fsp3) is 0.188. The lowest BCUT2D eigenvalue weighted by molar-refractivity contribution is 0.0600. The summed E-state index contributed by atoms with van der Waals surface area (Å²) in [4.78, 5) is 11.6. The number of carbonyl (C=O) groups is 1. The average Bonchev–Trinajstić information content (AvgIpc) is 2.48. The molecule has 0 bridgehead atoms. The molecule has 2 aromatic rings. The fourth-order valence-corrected chi connectivity index (χ4v) is 2.22. The Kier molecular flexibility index (Phi) is 4.81. The maximum Gasteiger partial charge on any atom is 0.338 e. The maximum atomic E-state index is 13.7. The molecule has 3 nitrogen and oxygen atoms in total. The van der Waals surface area contributed by atoms with Crippen molar-refractivity contribution in [2.75, 3.05) is 12.4 Å². The third kappa shape index (κ3) is 3.52. The van der Waals surface area contributed by atoms with Crippen molar-refractivity contribution in [3.63, 3.8) is 0 Å². The molecule has 0 saturated heterocycles. The number of halogens is 2. The number of esters is 1. The summed E-state index contributed by atoms with van der Waals surface area (Å²) in [6.45, 7) is 2.08. The quantitative estimate of drug-likeness (QED) is 0.861. The lowest BCUT2D eigenvalue weighted by Crippen LogP contribution is -2.08. The normalized spacial score (nSPS) is 10.3. The maximum absolute atomic E-state index is 13.7. The van der Waals surface area contributed by atoms with Crippen LogP contribution < -0.4 is 5.32 Å². The van der Waals surface area contributed by atoms with Gasteiger partial charge in [0.2, 0.25) is 0 Å². The Labute approximate surface area is 127 Å². The highest BCUT2D eigenvalue weighted by atomic mass is 35.5. The van der Waals surface area contributed by atoms with E-state index in [-0.39, 0.29) is 12.4 Å². The van der Waals surface area contributed by atoms with E-state index in [1.54, 1.807) is 18.2 Å². The molecule has 0 spiro atoms. The number of anilines is 1. The summed E-state index contributed by atoms with van der Waals surface area (Å²) in [5, 5.41) is 3.59. The van der Waals surface area contributed by atoms with Gasteiger partial charge in [-0.15, -0.1) is 0 Å². The van der Waals surface area contributed by atoms with Crippen LogP contribution in [0.25, 0.3) is 0 Å². The second-order valence-corrected chi connectivity index (χ2v) is 5.00. The predicted molar refractivity (Wildman–Crippen MR) is 81.3 cm³/mol. The molecule has 0 unspecified atom stereocenters. The van der Waals surface area contributed by atoms with E-state index in [2.05, 4.69) is 5.32 Å². The summed E-state index contributed by atoms with van der Waals surface area (Å²) in [5.41, 5.74) is 2.45. The predicted octanol–water partition coefficient (Wildman–Crippen LogP) is 4.19. The minimum absolute atomic E-state index is 0.276. The molecule has 21 heavy (non-hydrogen) atoms. The molecule has 0 fully saturated rings. The first-order chi connectivity index (χ1) is 10.0. The molecule has 0 heterocycles. The van der Waals surface area contributed by atoms with E-state index >= 15 is 0 Å². The third-order valence-corrected chi connectivity index (χ3v) is 3.45. The van der Waals surface area contributed by atoms with Gasteiger partial charge in [0.05, 0.1) is 12.7 Å². The monoisotopic (exact) mass is 307 g/mol. The molecular weight excluding hydrogens is 293 g/mol. The second kappa shape index (κ2) is 6.59. The van der Waals surface area contributed by atoms with Gasteiger partial charge in [-0.05, 0) is 42.8 Å². The number of ether oxygens (including phenoxy) is 1. The number of hydrogen-bond donors (Lipinski definition) is 1. The zero-order valence-corrected chi connectivity index (χ0v) is 12.5. The van der Waals surface area contributed by atoms with Crippen LogP contribution in [0.15, 0.2) is 36.4 Å². The van der Waals surface area contributed by atoms with Crippen molar-refractivity contribution >= 4 is 23.3 Å². The zero-order valence-electron chi connectivity index (χ0n) is 11.7. The Morgan fingerprint density at radius 1 is 1.33 bits per heavy atom. The molecule has 5 heteroatoms. The lowest BCUT2D eigenvalue weighted by Gasteiger charge is -2.13. The molecule has 0 saturated carbocycles. The first-order valence-electron chi connectivity index (χ1n) is 6.38. The Morgan fingerprint density at radius 2 is 2.10 bits per heavy atom. The van der Waals surface area contributed by atoms with Crippen molar-refractivity contribution in [1.29, 1.82) is 0 Å². The van der Waals surface area contributed by atoms with Crippen LogP contribution in [0.5, 0.6) is 0 Å². The summed E-state index contributed by atoms with van der Waals surface area (Å²) in [6.07, 6.45) is 0. The summed E-state index contributed by atoms with van der Waals surface area (Å²) in [6, 6.07) is 9.66. The van der Waals surface area contributed by atoms with Crippen molar-refractivity contribution in [1.82, 2.24) is 0 Å². The highest BCUT2D eigenvalue weighted by Crippen LogP contribution is 2.22. The minimum atomic E-state index is -0.398. The molecule has 2 rings (SSSR count). The molecule has 110 valence electrons. The van der Waals surface area contributed by atoms with Crippen LogP contribution in [-0.4, -0.2) is 13.1 Å². The summed E-state index contributed by atoms with van der Waals surface area (Å²) >= 11 is 5.86. The lowest BCUT2D eigenvalue weighted by atomic mass is 10.1. The molecule has 0 aromatic heterocycles. The van der Waals surface area contributed by atoms with Crippen molar-refractivity contribution in [3.8, 4) is 0 Å². The summed E-state index contributed by atoms with van der Waals surface area (Å²) in [5.74, 6) is -0.723. The van der Waals surface area contributed by atoms with Gasteiger partial charge in [-0.2, -0.15) is 0 Å². The summed E-state index contributed by atoms with van der Waals surface area (Å²) < 4.78 is 18.4. The van der Waals surface area contributed by atoms with Gasteiger partial charge in [-0.1, -0.05) is 17.7 Å². The molecule has 1 N–H and O–H groups in total. The molecule has 0 radical (unpaired) electrons. The molecular formula is C16H15ClFNO2. The van der Waals surface area contributed by atoms with E-state index in [1.165, 1.54) is 19.2 Å². The van der Waals surface area contributed by atoms with Gasteiger partial charge in [-0.3, -0.25) is 0 Å². The van der Waals surface area contributed by atoms with Crippen LogP contribution in [0.4, 0.5) is 10.1 Å². The SMILES string of the molecule is COC(=O)c1cccc(NCc2cc(Cl)ccc2F)c1C. The Morgan fingerprint density at radius 3 is 2.81 bits per heavy atom. The average molecular weight is 308 g/mol. The van der Waals surface area contributed by atoms with E-state index in [4.69, 9.17) is 16.3 Å². The first-order valence-corrected chi connectivity index (χ1v) is 6.76.